The zero-order chi connectivity index (χ0) is 15.5. The zero-order valence-corrected chi connectivity index (χ0v) is 13.3. The maximum absolute atomic E-state index is 11.4. The summed E-state index contributed by atoms with van der Waals surface area (Å²) in [6.45, 7) is 7.08. The van der Waals surface area contributed by atoms with Crippen LogP contribution in [-0.2, 0) is 32.7 Å². The van der Waals surface area contributed by atoms with Gasteiger partial charge in [0.25, 0.3) is 0 Å². The molecule has 0 fully saturated rings. The number of hydrogen-bond donors (Lipinski definition) is 0. The molecule has 2 atom stereocenters. The Labute approximate surface area is 119 Å². The van der Waals surface area contributed by atoms with Crippen molar-refractivity contribution < 1.29 is 32.7 Å². The number of esters is 2. The van der Waals surface area contributed by atoms with E-state index < -0.39 is 32.0 Å². The van der Waals surface area contributed by atoms with Crippen LogP contribution in [-0.4, -0.2) is 38.4 Å². The third-order valence-electron chi connectivity index (χ3n) is 2.28. The molecule has 0 aromatic carbocycles. The van der Waals surface area contributed by atoms with Gasteiger partial charge in [0, 0.05) is 0 Å². The summed E-state index contributed by atoms with van der Waals surface area (Å²) >= 11 is 0. The van der Waals surface area contributed by atoms with Gasteiger partial charge < -0.3 is 18.5 Å². The lowest BCUT2D eigenvalue weighted by atomic mass is 10.2. The third-order valence-corrected chi connectivity index (χ3v) is 3.09. The number of carbonyl (C=O) groups is 2. The Hall–Kier alpha value is -0.910. The molecule has 7 nitrogen and oxygen atoms in total. The SMILES string of the molecule is CCOC(=O)C(C)CO[PH](=O)OCC(C)C(=O)OCC. The maximum Gasteiger partial charge on any atom is 0.319 e. The van der Waals surface area contributed by atoms with Gasteiger partial charge in [-0.1, -0.05) is 0 Å². The lowest BCUT2D eigenvalue weighted by molar-refractivity contribution is -0.148. The molecule has 0 aliphatic heterocycles. The quantitative estimate of drug-likeness (QED) is 0.449. The number of ether oxygens (including phenoxy) is 2. The number of hydrogen-bond acceptors (Lipinski definition) is 7. The molecule has 0 aliphatic carbocycles. The second kappa shape index (κ2) is 10.8. The molecule has 0 aromatic heterocycles. The van der Waals surface area contributed by atoms with Crippen molar-refractivity contribution >= 4 is 20.2 Å². The molecule has 118 valence electrons. The van der Waals surface area contributed by atoms with Gasteiger partial charge in [0.05, 0.1) is 38.3 Å². The molecule has 0 rings (SSSR count). The minimum Gasteiger partial charge on any atom is -0.466 e. The van der Waals surface area contributed by atoms with Crippen LogP contribution in [0.25, 0.3) is 0 Å². The van der Waals surface area contributed by atoms with Crippen LogP contribution in [0.4, 0.5) is 0 Å². The van der Waals surface area contributed by atoms with E-state index in [4.69, 9.17) is 18.5 Å². The first-order valence-electron chi connectivity index (χ1n) is 6.55. The summed E-state index contributed by atoms with van der Waals surface area (Å²) in [7, 11) is -2.74. The molecule has 0 N–H and O–H groups in total. The van der Waals surface area contributed by atoms with Crippen molar-refractivity contribution in [3.8, 4) is 0 Å². The molecule has 0 spiro atoms. The Morgan fingerprint density at radius 1 is 0.900 bits per heavy atom. The fourth-order valence-electron chi connectivity index (χ4n) is 1.13. The third kappa shape index (κ3) is 8.30. The number of rotatable bonds is 10. The highest BCUT2D eigenvalue weighted by molar-refractivity contribution is 7.33. The maximum atomic E-state index is 11.4. The van der Waals surface area contributed by atoms with Gasteiger partial charge in [-0.15, -0.1) is 0 Å². The Bertz CT molecular complexity index is 302. The standard InChI is InChI=1S/C12H23O7P/c1-5-16-11(13)9(3)7-18-20(15)19-8-10(4)12(14)17-6-2/h9-10,20H,5-8H2,1-4H3. The van der Waals surface area contributed by atoms with Crippen LogP contribution >= 0.6 is 8.25 Å². The molecule has 0 amide bonds. The largest absolute Gasteiger partial charge is 0.466 e. The zero-order valence-electron chi connectivity index (χ0n) is 12.3. The summed E-state index contributed by atoms with van der Waals surface area (Å²) < 4.78 is 30.9. The highest BCUT2D eigenvalue weighted by Crippen LogP contribution is 2.26. The van der Waals surface area contributed by atoms with E-state index in [0.29, 0.717) is 0 Å². The Morgan fingerprint density at radius 3 is 1.55 bits per heavy atom. The molecule has 8 heteroatoms. The van der Waals surface area contributed by atoms with Gasteiger partial charge in [0.15, 0.2) is 0 Å². The second-order valence-corrected chi connectivity index (χ2v) is 5.26. The van der Waals surface area contributed by atoms with Crippen LogP contribution in [0, 0.1) is 11.8 Å². The van der Waals surface area contributed by atoms with E-state index >= 15 is 0 Å². The summed E-state index contributed by atoms with van der Waals surface area (Å²) in [5.74, 6) is -1.87. The molecule has 0 aliphatic rings. The normalized spacial score (nSPS) is 15.2. The summed E-state index contributed by atoms with van der Waals surface area (Å²) in [5, 5.41) is 0. The van der Waals surface area contributed by atoms with Gasteiger partial charge in [0.1, 0.15) is 0 Å². The van der Waals surface area contributed by atoms with Crippen molar-refractivity contribution in [3.63, 3.8) is 0 Å². The van der Waals surface area contributed by atoms with Gasteiger partial charge in [-0.2, -0.15) is 0 Å². The van der Waals surface area contributed by atoms with Gasteiger partial charge in [-0.3, -0.25) is 14.2 Å². The highest BCUT2D eigenvalue weighted by Gasteiger charge is 2.18. The van der Waals surface area contributed by atoms with Crippen LogP contribution in [0.2, 0.25) is 0 Å². The lowest BCUT2D eigenvalue weighted by Gasteiger charge is -2.13. The first kappa shape index (κ1) is 19.1. The predicted octanol–water partition coefficient (Wildman–Crippen LogP) is 1.81. The molecule has 0 radical (unpaired) electrons. The van der Waals surface area contributed by atoms with E-state index in [-0.39, 0.29) is 26.4 Å². The van der Waals surface area contributed by atoms with Crippen molar-refractivity contribution in [1.82, 2.24) is 0 Å². The molecule has 20 heavy (non-hydrogen) atoms. The average molecular weight is 310 g/mol. The minimum absolute atomic E-state index is 0.0512. The summed E-state index contributed by atoms with van der Waals surface area (Å²) in [4.78, 5) is 22.6. The van der Waals surface area contributed by atoms with Crippen molar-refractivity contribution in [2.24, 2.45) is 11.8 Å². The smallest absolute Gasteiger partial charge is 0.319 e. The second-order valence-electron chi connectivity index (χ2n) is 4.18. The monoisotopic (exact) mass is 310 g/mol. The van der Waals surface area contributed by atoms with E-state index in [1.165, 1.54) is 0 Å². The molecule has 0 saturated carbocycles. The van der Waals surface area contributed by atoms with Gasteiger partial charge >= 0.3 is 20.2 Å². The van der Waals surface area contributed by atoms with E-state index in [1.807, 2.05) is 0 Å². The highest BCUT2D eigenvalue weighted by atomic mass is 31.1. The van der Waals surface area contributed by atoms with E-state index in [2.05, 4.69) is 0 Å². The van der Waals surface area contributed by atoms with Crippen molar-refractivity contribution in [2.45, 2.75) is 27.7 Å². The van der Waals surface area contributed by atoms with E-state index in [9.17, 15) is 14.2 Å². The number of carbonyl (C=O) groups excluding carboxylic acids is 2. The topological polar surface area (TPSA) is 88.1 Å². The predicted molar refractivity (Wildman–Crippen MR) is 72.5 cm³/mol. The summed E-state index contributed by atoms with van der Waals surface area (Å²) in [5.41, 5.74) is 0. The Morgan fingerprint density at radius 2 is 1.25 bits per heavy atom. The molecule has 0 saturated heterocycles. The Kier molecular flexibility index (Phi) is 10.3. The fourth-order valence-corrected chi connectivity index (χ4v) is 1.99. The molecular weight excluding hydrogens is 287 g/mol. The molecule has 0 heterocycles. The first-order valence-corrected chi connectivity index (χ1v) is 7.77. The van der Waals surface area contributed by atoms with Crippen molar-refractivity contribution in [3.05, 3.63) is 0 Å². The molecule has 0 bridgehead atoms. The van der Waals surface area contributed by atoms with Crippen LogP contribution in [0.1, 0.15) is 27.7 Å². The molecular formula is C12H23O7P. The summed E-state index contributed by atoms with van der Waals surface area (Å²) in [6.07, 6.45) is 0. The Balaban J connectivity index is 3.89. The van der Waals surface area contributed by atoms with E-state index in [1.54, 1.807) is 27.7 Å². The van der Waals surface area contributed by atoms with Gasteiger partial charge in [-0.05, 0) is 27.7 Å². The van der Waals surface area contributed by atoms with Gasteiger partial charge in [-0.25, -0.2) is 0 Å². The van der Waals surface area contributed by atoms with Crippen molar-refractivity contribution in [1.29, 1.82) is 0 Å². The fraction of sp³-hybridized carbons (Fsp3) is 0.833. The van der Waals surface area contributed by atoms with Crippen LogP contribution < -0.4 is 0 Å². The van der Waals surface area contributed by atoms with Crippen LogP contribution in [0.15, 0.2) is 0 Å². The van der Waals surface area contributed by atoms with Crippen molar-refractivity contribution in [2.75, 3.05) is 26.4 Å². The van der Waals surface area contributed by atoms with E-state index in [0.717, 1.165) is 0 Å². The minimum atomic E-state index is -2.74. The van der Waals surface area contributed by atoms with Crippen LogP contribution in [0.3, 0.4) is 0 Å². The lowest BCUT2D eigenvalue weighted by Crippen LogP contribution is -2.20. The summed E-state index contributed by atoms with van der Waals surface area (Å²) in [6, 6.07) is 0. The molecule has 2 unspecified atom stereocenters. The first-order chi connectivity index (χ1) is 9.42. The molecule has 0 aromatic rings. The van der Waals surface area contributed by atoms with Gasteiger partial charge in [0.2, 0.25) is 0 Å². The average Bonchev–Trinajstić information content (AvgIpc) is 2.42. The van der Waals surface area contributed by atoms with Crippen LogP contribution in [0.5, 0.6) is 0 Å².